The van der Waals surface area contributed by atoms with Gasteiger partial charge in [0.25, 0.3) is 5.91 Å². The predicted octanol–water partition coefficient (Wildman–Crippen LogP) is 2.76. The van der Waals surface area contributed by atoms with Crippen molar-refractivity contribution in [1.29, 1.82) is 0 Å². The molecule has 0 spiro atoms. The van der Waals surface area contributed by atoms with Crippen LogP contribution in [0.3, 0.4) is 0 Å². The van der Waals surface area contributed by atoms with Crippen LogP contribution in [-0.2, 0) is 11.2 Å². The second-order valence-electron chi connectivity index (χ2n) is 8.79. The Labute approximate surface area is 201 Å². The maximum Gasteiger partial charge on any atom is 0.259 e. The van der Waals surface area contributed by atoms with Gasteiger partial charge in [-0.3, -0.25) is 9.59 Å². The fourth-order valence-electron chi connectivity index (χ4n) is 3.87. The average Bonchev–Trinajstić information content (AvgIpc) is 2.85. The Bertz CT molecular complexity index is 1060. The van der Waals surface area contributed by atoms with Crippen LogP contribution in [-0.4, -0.2) is 70.6 Å². The molecule has 7 nitrogen and oxygen atoms in total. The van der Waals surface area contributed by atoms with E-state index in [2.05, 4.69) is 16.8 Å². The Kier molecular flexibility index (Phi) is 8.67. The zero-order valence-electron chi connectivity index (χ0n) is 20.3. The number of hydrogen-bond acceptors (Lipinski definition) is 5. The molecule has 0 aliphatic carbocycles. The van der Waals surface area contributed by atoms with E-state index in [1.165, 1.54) is 0 Å². The summed E-state index contributed by atoms with van der Waals surface area (Å²) in [5.74, 6) is 6.14. The number of ether oxygens (including phenoxy) is 1. The quantitative estimate of drug-likeness (QED) is 0.666. The number of rotatable bonds is 6. The molecule has 7 heteroatoms. The smallest absolute Gasteiger partial charge is 0.259 e. The fourth-order valence-corrected chi connectivity index (χ4v) is 3.87. The van der Waals surface area contributed by atoms with Crippen LogP contribution in [0.15, 0.2) is 42.6 Å². The van der Waals surface area contributed by atoms with E-state index < -0.39 is 0 Å². The minimum atomic E-state index is -0.371. The van der Waals surface area contributed by atoms with Crippen LogP contribution in [0.1, 0.15) is 48.7 Å². The Morgan fingerprint density at radius 3 is 2.76 bits per heavy atom. The lowest BCUT2D eigenvalue weighted by Crippen LogP contribution is -2.50. The molecule has 3 atom stereocenters. The van der Waals surface area contributed by atoms with Crippen molar-refractivity contribution in [2.45, 2.75) is 45.8 Å². The first-order chi connectivity index (χ1) is 16.3. The molecule has 2 heterocycles. The van der Waals surface area contributed by atoms with Gasteiger partial charge in [0.2, 0.25) is 11.8 Å². The van der Waals surface area contributed by atoms with Crippen LogP contribution >= 0.6 is 0 Å². The lowest BCUT2D eigenvalue weighted by Gasteiger charge is -2.37. The molecule has 2 amide bonds. The molecule has 0 bridgehead atoms. The van der Waals surface area contributed by atoms with Gasteiger partial charge in [-0.2, -0.15) is 0 Å². The molecule has 0 fully saturated rings. The molecule has 1 aromatic carbocycles. The number of aliphatic hydroxyl groups is 1. The van der Waals surface area contributed by atoms with Gasteiger partial charge >= 0.3 is 0 Å². The monoisotopic (exact) mass is 463 g/mol. The second kappa shape index (κ2) is 11.7. The van der Waals surface area contributed by atoms with E-state index in [1.54, 1.807) is 29.1 Å². The topological polar surface area (TPSA) is 83.0 Å². The van der Waals surface area contributed by atoms with Gasteiger partial charge in [0.1, 0.15) is 11.7 Å². The van der Waals surface area contributed by atoms with Crippen molar-refractivity contribution in [3.63, 3.8) is 0 Å². The van der Waals surface area contributed by atoms with Crippen LogP contribution in [0.5, 0.6) is 5.88 Å². The van der Waals surface area contributed by atoms with Gasteiger partial charge in [-0.1, -0.05) is 56.0 Å². The molecular formula is C27H33N3O4. The molecule has 1 aromatic heterocycles. The van der Waals surface area contributed by atoms with Crippen molar-refractivity contribution in [1.82, 2.24) is 14.8 Å². The molecule has 1 N–H and O–H groups in total. The zero-order valence-corrected chi connectivity index (χ0v) is 20.3. The molecule has 3 rings (SSSR count). The van der Waals surface area contributed by atoms with Gasteiger partial charge in [0.05, 0.1) is 19.2 Å². The number of aromatic nitrogens is 1. The minimum Gasteiger partial charge on any atom is -0.472 e. The summed E-state index contributed by atoms with van der Waals surface area (Å²) in [5.41, 5.74) is 2.04. The number of carbonyl (C=O) groups excluding carboxylic acids is 2. The predicted molar refractivity (Wildman–Crippen MR) is 130 cm³/mol. The molecule has 0 unspecified atom stereocenters. The lowest BCUT2D eigenvalue weighted by molar-refractivity contribution is -0.131. The number of nitrogens with zero attached hydrogens (tertiary/aromatic N) is 3. The molecular weight excluding hydrogens is 430 g/mol. The third kappa shape index (κ3) is 6.15. The fraction of sp³-hybridized carbons (Fsp3) is 0.444. The van der Waals surface area contributed by atoms with Crippen molar-refractivity contribution < 1.29 is 19.4 Å². The van der Waals surface area contributed by atoms with E-state index in [1.807, 2.05) is 51.1 Å². The highest BCUT2D eigenvalue weighted by Gasteiger charge is 2.34. The second-order valence-corrected chi connectivity index (χ2v) is 8.79. The van der Waals surface area contributed by atoms with Crippen molar-refractivity contribution in [2.24, 2.45) is 5.92 Å². The van der Waals surface area contributed by atoms with Gasteiger partial charge < -0.3 is 19.6 Å². The molecule has 180 valence electrons. The van der Waals surface area contributed by atoms with Crippen molar-refractivity contribution in [3.8, 4) is 17.7 Å². The van der Waals surface area contributed by atoms with Crippen LogP contribution in [0, 0.1) is 17.8 Å². The first-order valence-corrected chi connectivity index (χ1v) is 11.7. The van der Waals surface area contributed by atoms with Gasteiger partial charge in [0, 0.05) is 44.1 Å². The Morgan fingerprint density at radius 2 is 2.09 bits per heavy atom. The molecule has 0 radical (unpaired) electrons. The number of pyridine rings is 1. The third-order valence-electron chi connectivity index (χ3n) is 6.07. The van der Waals surface area contributed by atoms with Crippen LogP contribution in [0.25, 0.3) is 0 Å². The van der Waals surface area contributed by atoms with Crippen molar-refractivity contribution in [2.75, 3.05) is 26.7 Å². The van der Waals surface area contributed by atoms with Crippen LogP contribution in [0.2, 0.25) is 0 Å². The van der Waals surface area contributed by atoms with E-state index in [0.29, 0.717) is 37.1 Å². The number of hydrogen-bond donors (Lipinski definition) is 1. The standard InChI is InChI=1S/C27H33N3O4/c1-5-25(32)29(4)17-24-19(2)16-30(20(3)18-31)27(33)23-14-22(15-28-26(23)34-24)13-9-12-21-10-7-6-8-11-21/h6-8,10-11,14-15,19-20,24,31H,5,12,16-18H2,1-4H3/t19-,20-,24-/m1/s1. The summed E-state index contributed by atoms with van der Waals surface area (Å²) >= 11 is 0. The number of aliphatic hydroxyl groups excluding tert-OH is 1. The van der Waals surface area contributed by atoms with E-state index in [-0.39, 0.29) is 42.4 Å². The Morgan fingerprint density at radius 1 is 1.35 bits per heavy atom. The summed E-state index contributed by atoms with van der Waals surface area (Å²) < 4.78 is 6.21. The van der Waals surface area contributed by atoms with E-state index >= 15 is 0 Å². The average molecular weight is 464 g/mol. The number of amides is 2. The maximum atomic E-state index is 13.4. The highest BCUT2D eigenvalue weighted by Crippen LogP contribution is 2.27. The third-order valence-corrected chi connectivity index (χ3v) is 6.07. The SMILES string of the molecule is CCC(=O)N(C)C[C@H]1Oc2ncc(C#CCc3ccccc3)cc2C(=O)N([C@H](C)CO)C[C@H]1C. The van der Waals surface area contributed by atoms with E-state index in [0.717, 1.165) is 5.56 Å². The summed E-state index contributed by atoms with van der Waals surface area (Å²) in [6.07, 6.45) is 2.24. The number of fused-ring (bicyclic) bond motifs is 1. The lowest BCUT2D eigenvalue weighted by atomic mass is 9.99. The first kappa shape index (κ1) is 25.3. The molecule has 1 aliphatic rings. The van der Waals surface area contributed by atoms with Crippen molar-refractivity contribution in [3.05, 3.63) is 59.3 Å². The Hall–Kier alpha value is -3.37. The highest BCUT2D eigenvalue weighted by atomic mass is 16.5. The van der Waals surface area contributed by atoms with E-state index in [9.17, 15) is 14.7 Å². The maximum absolute atomic E-state index is 13.4. The Balaban J connectivity index is 1.93. The van der Waals surface area contributed by atoms with Gasteiger partial charge in [-0.15, -0.1) is 0 Å². The normalized spacial score (nSPS) is 18.5. The molecule has 1 aliphatic heterocycles. The largest absolute Gasteiger partial charge is 0.472 e. The van der Waals surface area contributed by atoms with Gasteiger partial charge in [0.15, 0.2) is 0 Å². The molecule has 0 saturated carbocycles. The van der Waals surface area contributed by atoms with Crippen LogP contribution in [0.4, 0.5) is 0 Å². The molecule has 0 saturated heterocycles. The number of carbonyl (C=O) groups is 2. The summed E-state index contributed by atoms with van der Waals surface area (Å²) in [6, 6.07) is 11.3. The number of benzene rings is 1. The zero-order chi connectivity index (χ0) is 24.7. The summed E-state index contributed by atoms with van der Waals surface area (Å²) in [6.45, 7) is 6.23. The first-order valence-electron chi connectivity index (χ1n) is 11.7. The summed E-state index contributed by atoms with van der Waals surface area (Å²) in [4.78, 5) is 33.3. The number of likely N-dealkylation sites (N-methyl/N-ethyl adjacent to an activating group) is 1. The van der Waals surface area contributed by atoms with Gasteiger partial charge in [-0.25, -0.2) is 4.98 Å². The van der Waals surface area contributed by atoms with E-state index in [4.69, 9.17) is 4.74 Å². The van der Waals surface area contributed by atoms with Crippen molar-refractivity contribution >= 4 is 11.8 Å². The summed E-state index contributed by atoms with van der Waals surface area (Å²) in [5, 5.41) is 9.78. The summed E-state index contributed by atoms with van der Waals surface area (Å²) in [7, 11) is 1.75. The van der Waals surface area contributed by atoms with Gasteiger partial charge in [-0.05, 0) is 18.6 Å². The molecule has 2 aromatic rings. The highest BCUT2D eigenvalue weighted by molar-refractivity contribution is 5.97. The van der Waals surface area contributed by atoms with Crippen LogP contribution < -0.4 is 4.74 Å². The minimum absolute atomic E-state index is 0.0201. The molecule has 34 heavy (non-hydrogen) atoms.